The molecule has 11 nitrogen and oxygen atoms in total. The van der Waals surface area contributed by atoms with E-state index >= 15 is 0 Å². The van der Waals surface area contributed by atoms with Crippen molar-refractivity contribution in [1.82, 2.24) is 39.3 Å². The molecule has 1 saturated heterocycles. The first-order valence-electron chi connectivity index (χ1n) is 11.2. The molecule has 4 aromatic heterocycles. The minimum atomic E-state index is -0.301. The second kappa shape index (κ2) is 9.20. The van der Waals surface area contributed by atoms with Crippen LogP contribution >= 0.6 is 0 Å². The molecule has 0 bridgehead atoms. The van der Waals surface area contributed by atoms with E-state index in [-0.39, 0.29) is 11.5 Å². The largest absolute Gasteiger partial charge is 0.437 e. The Hall–Kier alpha value is -3.83. The van der Waals surface area contributed by atoms with Crippen molar-refractivity contribution >= 4 is 17.0 Å². The Labute approximate surface area is 196 Å². The SMILES string of the molecule is Cc1nc(N)c2[nH]c(=O)n(Cc3ccc(Oc4ccc(CN5CCN(C)CC5)nc4)nc3)c2n1. The van der Waals surface area contributed by atoms with E-state index in [1.165, 1.54) is 4.57 Å². The van der Waals surface area contributed by atoms with Gasteiger partial charge in [0, 0.05) is 45.0 Å². The van der Waals surface area contributed by atoms with Crippen molar-refractivity contribution in [2.24, 2.45) is 0 Å². The highest BCUT2D eigenvalue weighted by molar-refractivity contribution is 5.81. The summed E-state index contributed by atoms with van der Waals surface area (Å²) in [5.74, 6) is 1.83. The zero-order chi connectivity index (χ0) is 23.7. The summed E-state index contributed by atoms with van der Waals surface area (Å²) in [6, 6.07) is 7.52. The molecule has 0 aromatic carbocycles. The lowest BCUT2D eigenvalue weighted by molar-refractivity contribution is 0.147. The van der Waals surface area contributed by atoms with Gasteiger partial charge >= 0.3 is 5.69 Å². The van der Waals surface area contributed by atoms with E-state index < -0.39 is 0 Å². The van der Waals surface area contributed by atoms with Gasteiger partial charge in [0.1, 0.15) is 17.1 Å². The molecule has 34 heavy (non-hydrogen) atoms. The van der Waals surface area contributed by atoms with Gasteiger partial charge in [0.15, 0.2) is 11.5 Å². The smallest absolute Gasteiger partial charge is 0.328 e. The predicted octanol–water partition coefficient (Wildman–Crippen LogP) is 1.39. The van der Waals surface area contributed by atoms with Crippen LogP contribution in [0.5, 0.6) is 11.6 Å². The fourth-order valence-electron chi connectivity index (χ4n) is 3.98. The number of aryl methyl sites for hydroxylation is 1. The van der Waals surface area contributed by atoms with Gasteiger partial charge in [0.05, 0.1) is 18.4 Å². The number of nitrogen functional groups attached to an aromatic ring is 1. The Morgan fingerprint density at radius 1 is 1.03 bits per heavy atom. The van der Waals surface area contributed by atoms with Gasteiger partial charge in [0.25, 0.3) is 0 Å². The van der Waals surface area contributed by atoms with Gasteiger partial charge in [-0.15, -0.1) is 0 Å². The molecule has 11 heteroatoms. The number of hydrogen-bond donors (Lipinski definition) is 2. The van der Waals surface area contributed by atoms with Crippen LogP contribution < -0.4 is 16.2 Å². The fraction of sp³-hybridized carbons (Fsp3) is 0.348. The Kier molecular flexibility index (Phi) is 5.95. The van der Waals surface area contributed by atoms with Crippen LogP contribution in [0, 0.1) is 6.92 Å². The van der Waals surface area contributed by atoms with Crippen LogP contribution in [-0.4, -0.2) is 72.5 Å². The summed E-state index contributed by atoms with van der Waals surface area (Å²) in [7, 11) is 2.15. The monoisotopic (exact) mass is 461 g/mol. The van der Waals surface area contributed by atoms with Crippen molar-refractivity contribution in [2.75, 3.05) is 39.0 Å². The number of nitrogens with zero attached hydrogens (tertiary/aromatic N) is 7. The summed E-state index contributed by atoms with van der Waals surface area (Å²) < 4.78 is 7.36. The molecule has 176 valence electrons. The molecule has 1 fully saturated rings. The molecule has 0 saturated carbocycles. The number of piperazine rings is 1. The minimum absolute atomic E-state index is 0.253. The van der Waals surface area contributed by atoms with Crippen LogP contribution in [0.25, 0.3) is 11.2 Å². The van der Waals surface area contributed by atoms with Crippen molar-refractivity contribution in [3.63, 3.8) is 0 Å². The summed E-state index contributed by atoms with van der Waals surface area (Å²) in [4.78, 5) is 37.2. The summed E-state index contributed by atoms with van der Waals surface area (Å²) in [6.45, 7) is 7.14. The Morgan fingerprint density at radius 3 is 2.56 bits per heavy atom. The normalized spacial score (nSPS) is 15.1. The van der Waals surface area contributed by atoms with Crippen molar-refractivity contribution in [2.45, 2.75) is 20.0 Å². The van der Waals surface area contributed by atoms with Gasteiger partial charge in [-0.1, -0.05) is 6.07 Å². The maximum Gasteiger partial charge on any atom is 0.328 e. The minimum Gasteiger partial charge on any atom is -0.437 e. The van der Waals surface area contributed by atoms with Gasteiger partial charge in [-0.05, 0) is 31.7 Å². The highest BCUT2D eigenvalue weighted by Crippen LogP contribution is 2.20. The summed E-state index contributed by atoms with van der Waals surface area (Å²) >= 11 is 0. The standard InChI is InChI=1S/C23H27N9O2/c1-15-27-21(24)20-22(28-15)32(23(33)29-20)13-16-3-6-19(26-11-16)34-18-5-4-17(25-12-18)14-31-9-7-30(2)8-10-31/h3-6,11-12H,7-10,13-14H2,1-2H3,(H,29,33)(H2,24,27,28). The summed E-state index contributed by atoms with van der Waals surface area (Å²) in [5, 5.41) is 0. The molecular weight excluding hydrogens is 434 g/mol. The second-order valence-corrected chi connectivity index (χ2v) is 8.54. The van der Waals surface area contributed by atoms with Crippen LogP contribution in [0.2, 0.25) is 0 Å². The number of aromatic amines is 1. The number of likely N-dealkylation sites (N-methyl/N-ethyl adjacent to an activating group) is 1. The highest BCUT2D eigenvalue weighted by atomic mass is 16.5. The number of anilines is 1. The Balaban J connectivity index is 1.23. The van der Waals surface area contributed by atoms with Crippen LogP contribution in [-0.2, 0) is 13.1 Å². The lowest BCUT2D eigenvalue weighted by Gasteiger charge is -2.32. The second-order valence-electron chi connectivity index (χ2n) is 8.54. The highest BCUT2D eigenvalue weighted by Gasteiger charge is 2.15. The molecule has 0 aliphatic carbocycles. The average molecular weight is 462 g/mol. The molecule has 0 atom stereocenters. The molecule has 3 N–H and O–H groups in total. The number of rotatable bonds is 6. The number of hydrogen-bond acceptors (Lipinski definition) is 9. The lowest BCUT2D eigenvalue weighted by Crippen LogP contribution is -2.43. The molecule has 1 aliphatic rings. The van der Waals surface area contributed by atoms with Crippen molar-refractivity contribution in [1.29, 1.82) is 0 Å². The number of ether oxygens (including phenoxy) is 1. The number of nitrogens with two attached hydrogens (primary N) is 1. The van der Waals surface area contributed by atoms with Crippen molar-refractivity contribution in [3.8, 4) is 11.6 Å². The molecule has 5 heterocycles. The molecule has 0 unspecified atom stereocenters. The first kappa shape index (κ1) is 22.0. The summed E-state index contributed by atoms with van der Waals surface area (Å²) in [5.41, 5.74) is 8.36. The third-order valence-corrected chi connectivity index (χ3v) is 5.90. The van der Waals surface area contributed by atoms with E-state index in [4.69, 9.17) is 10.5 Å². The third-order valence-electron chi connectivity index (χ3n) is 5.90. The van der Waals surface area contributed by atoms with E-state index in [2.05, 4.69) is 41.8 Å². The number of imidazole rings is 1. The van der Waals surface area contributed by atoms with Crippen molar-refractivity contribution in [3.05, 3.63) is 64.2 Å². The van der Waals surface area contributed by atoms with E-state index in [0.717, 1.165) is 44.0 Å². The molecule has 0 spiro atoms. The van der Waals surface area contributed by atoms with Gasteiger partial charge < -0.3 is 20.4 Å². The predicted molar refractivity (Wildman–Crippen MR) is 128 cm³/mol. The topological polar surface area (TPSA) is 131 Å². The third kappa shape index (κ3) is 4.75. The first-order chi connectivity index (χ1) is 16.4. The first-order valence-corrected chi connectivity index (χ1v) is 11.2. The van der Waals surface area contributed by atoms with Crippen LogP contribution in [0.3, 0.4) is 0 Å². The summed E-state index contributed by atoms with van der Waals surface area (Å²) in [6.07, 6.45) is 3.39. The van der Waals surface area contributed by atoms with Gasteiger partial charge in [-0.3, -0.25) is 14.5 Å². The van der Waals surface area contributed by atoms with Crippen molar-refractivity contribution < 1.29 is 4.74 Å². The number of H-pyrrole nitrogens is 1. The maximum atomic E-state index is 12.4. The average Bonchev–Trinajstić information content (AvgIpc) is 3.13. The molecule has 4 aromatic rings. The van der Waals surface area contributed by atoms with Crippen LogP contribution in [0.1, 0.15) is 17.1 Å². The number of aromatic nitrogens is 6. The van der Waals surface area contributed by atoms with Gasteiger partial charge in [0.2, 0.25) is 5.88 Å². The van der Waals surface area contributed by atoms with Crippen LogP contribution in [0.4, 0.5) is 5.82 Å². The van der Waals surface area contributed by atoms with E-state index in [0.29, 0.717) is 35.2 Å². The van der Waals surface area contributed by atoms with Gasteiger partial charge in [-0.2, -0.15) is 0 Å². The quantitative estimate of drug-likeness (QED) is 0.437. The number of nitrogens with one attached hydrogen (secondary N) is 1. The lowest BCUT2D eigenvalue weighted by atomic mass is 10.2. The zero-order valence-corrected chi connectivity index (χ0v) is 19.2. The Morgan fingerprint density at radius 2 is 1.85 bits per heavy atom. The van der Waals surface area contributed by atoms with Crippen LogP contribution in [0.15, 0.2) is 41.5 Å². The molecule has 0 radical (unpaired) electrons. The molecule has 1 aliphatic heterocycles. The number of fused-ring (bicyclic) bond motifs is 1. The Bertz CT molecular complexity index is 1340. The van der Waals surface area contributed by atoms with E-state index in [9.17, 15) is 4.79 Å². The van der Waals surface area contributed by atoms with E-state index in [1.807, 2.05) is 18.2 Å². The number of pyridine rings is 2. The zero-order valence-electron chi connectivity index (χ0n) is 19.2. The fourth-order valence-corrected chi connectivity index (χ4v) is 3.98. The molecular formula is C23H27N9O2. The molecule has 5 rings (SSSR count). The molecule has 0 amide bonds. The van der Waals surface area contributed by atoms with E-state index in [1.54, 1.807) is 25.4 Å². The van der Waals surface area contributed by atoms with Gasteiger partial charge in [-0.25, -0.2) is 19.7 Å². The maximum absolute atomic E-state index is 12.4.